The van der Waals surface area contributed by atoms with Crippen molar-refractivity contribution in [1.29, 1.82) is 0 Å². The molecule has 1 unspecified atom stereocenters. The van der Waals surface area contributed by atoms with Gasteiger partial charge >= 0.3 is 0 Å². The second kappa shape index (κ2) is 9.12. The first-order valence-electron chi connectivity index (χ1n) is 11.4. The van der Waals surface area contributed by atoms with Crippen molar-refractivity contribution in [1.82, 2.24) is 14.9 Å². The van der Waals surface area contributed by atoms with Gasteiger partial charge in [-0.15, -0.1) is 0 Å². The molecule has 2 aliphatic rings. The molecule has 5 rings (SSSR count). The first-order valence-corrected chi connectivity index (χ1v) is 11.4. The molecule has 7 nitrogen and oxygen atoms in total. The number of fused-ring (bicyclic) bond motifs is 1. The lowest BCUT2D eigenvalue weighted by atomic mass is 9.95. The van der Waals surface area contributed by atoms with Crippen LogP contribution in [0.2, 0.25) is 0 Å². The Labute approximate surface area is 187 Å². The Kier molecular flexibility index (Phi) is 5.90. The number of anilines is 1. The van der Waals surface area contributed by atoms with E-state index in [-0.39, 0.29) is 23.8 Å². The number of carbonyl (C=O) groups excluding carboxylic acids is 2. The van der Waals surface area contributed by atoms with E-state index >= 15 is 0 Å². The van der Waals surface area contributed by atoms with E-state index in [2.05, 4.69) is 15.3 Å². The van der Waals surface area contributed by atoms with Gasteiger partial charge in [0.25, 0.3) is 5.91 Å². The predicted octanol–water partition coefficient (Wildman–Crippen LogP) is 3.98. The average Bonchev–Trinajstić information content (AvgIpc) is 3.29. The van der Waals surface area contributed by atoms with Crippen molar-refractivity contribution in [2.45, 2.75) is 38.2 Å². The largest absolute Gasteiger partial charge is 0.368 e. The minimum Gasteiger partial charge on any atom is -0.368 e. The van der Waals surface area contributed by atoms with Gasteiger partial charge in [0, 0.05) is 36.9 Å². The maximum Gasteiger partial charge on any atom is 0.251 e. The monoisotopic (exact) mass is 432 g/mol. The minimum atomic E-state index is -0.292. The highest BCUT2D eigenvalue weighted by Gasteiger charge is 2.32. The van der Waals surface area contributed by atoms with Crippen LogP contribution in [0.3, 0.4) is 0 Å². The Morgan fingerprint density at radius 1 is 1.00 bits per heavy atom. The molecular formula is C25H28N4O3. The Hall–Kier alpha value is -3.19. The van der Waals surface area contributed by atoms with Crippen molar-refractivity contribution in [3.05, 3.63) is 48.5 Å². The molecule has 166 valence electrons. The van der Waals surface area contributed by atoms with E-state index in [1.807, 2.05) is 53.4 Å². The third-order valence-corrected chi connectivity index (χ3v) is 6.45. The number of piperidine rings is 1. The van der Waals surface area contributed by atoms with Crippen molar-refractivity contribution >= 4 is 28.5 Å². The maximum atomic E-state index is 12.8. The van der Waals surface area contributed by atoms with Crippen LogP contribution in [-0.2, 0) is 14.3 Å². The zero-order chi connectivity index (χ0) is 21.9. The molecule has 0 radical (unpaired) electrons. The number of benzene rings is 2. The van der Waals surface area contributed by atoms with Crippen LogP contribution in [0.15, 0.2) is 48.5 Å². The van der Waals surface area contributed by atoms with Crippen LogP contribution in [0, 0.1) is 5.92 Å². The molecule has 2 fully saturated rings. The fourth-order valence-corrected chi connectivity index (χ4v) is 4.55. The maximum absolute atomic E-state index is 12.8. The van der Waals surface area contributed by atoms with Crippen LogP contribution < -0.4 is 5.32 Å². The Bertz CT molecular complexity index is 1060. The van der Waals surface area contributed by atoms with Crippen LogP contribution >= 0.6 is 0 Å². The second-order valence-electron chi connectivity index (χ2n) is 8.62. The minimum absolute atomic E-state index is 0.0162. The van der Waals surface area contributed by atoms with Gasteiger partial charge in [-0.05, 0) is 68.5 Å². The normalized spacial score (nSPS) is 19.8. The van der Waals surface area contributed by atoms with Crippen LogP contribution in [0.5, 0.6) is 0 Å². The summed E-state index contributed by atoms with van der Waals surface area (Å²) in [5.41, 5.74) is 3.67. The van der Waals surface area contributed by atoms with Crippen LogP contribution in [0.4, 0.5) is 5.69 Å². The highest BCUT2D eigenvalue weighted by Crippen LogP contribution is 2.25. The number of nitrogens with one attached hydrogen (secondary N) is 2. The first kappa shape index (κ1) is 20.7. The standard InChI is InChI=1S/C25H28N4O3/c30-24(18-12-14-29(15-13-18)25(31)22-7-3-4-16-32-22)26-19-10-8-17(9-11-19)23-27-20-5-1-2-6-21(20)28-23/h1-2,5-6,8-11,18,22H,3-4,7,12-16H2,(H,26,30)(H,27,28). The zero-order valence-electron chi connectivity index (χ0n) is 18.0. The van der Waals surface area contributed by atoms with E-state index in [0.29, 0.717) is 32.5 Å². The third-order valence-electron chi connectivity index (χ3n) is 6.45. The van der Waals surface area contributed by atoms with Gasteiger partial charge in [0.15, 0.2) is 0 Å². The van der Waals surface area contributed by atoms with E-state index in [1.54, 1.807) is 0 Å². The molecule has 32 heavy (non-hydrogen) atoms. The highest BCUT2D eigenvalue weighted by atomic mass is 16.5. The van der Waals surface area contributed by atoms with Crippen LogP contribution in [0.1, 0.15) is 32.1 Å². The number of aromatic amines is 1. The lowest BCUT2D eigenvalue weighted by Gasteiger charge is -2.34. The van der Waals surface area contributed by atoms with Gasteiger partial charge in [-0.1, -0.05) is 12.1 Å². The summed E-state index contributed by atoms with van der Waals surface area (Å²) < 4.78 is 5.63. The Morgan fingerprint density at radius 3 is 2.50 bits per heavy atom. The number of rotatable bonds is 4. The highest BCUT2D eigenvalue weighted by molar-refractivity contribution is 5.93. The van der Waals surface area contributed by atoms with E-state index in [1.165, 1.54) is 0 Å². The summed E-state index contributed by atoms with van der Waals surface area (Å²) in [7, 11) is 0. The number of amides is 2. The molecule has 1 atom stereocenters. The van der Waals surface area contributed by atoms with Crippen molar-refractivity contribution < 1.29 is 14.3 Å². The van der Waals surface area contributed by atoms with Gasteiger partial charge in [0.2, 0.25) is 5.91 Å². The molecule has 2 N–H and O–H groups in total. The number of likely N-dealkylation sites (tertiary alicyclic amines) is 1. The molecule has 3 aromatic rings. The zero-order valence-corrected chi connectivity index (χ0v) is 18.0. The SMILES string of the molecule is O=C(Nc1ccc(-c2nc3ccccc3[nH]2)cc1)C1CCN(C(=O)C2CCCCO2)CC1. The molecule has 2 amide bonds. The fraction of sp³-hybridized carbons (Fsp3) is 0.400. The van der Waals surface area contributed by atoms with Gasteiger partial charge < -0.3 is 19.9 Å². The number of ether oxygens (including phenoxy) is 1. The van der Waals surface area contributed by atoms with Crippen molar-refractivity contribution in [2.24, 2.45) is 5.92 Å². The summed E-state index contributed by atoms with van der Waals surface area (Å²) in [6, 6.07) is 15.6. The number of H-pyrrole nitrogens is 1. The Balaban J connectivity index is 1.15. The molecule has 3 heterocycles. The molecule has 1 aromatic heterocycles. The van der Waals surface area contributed by atoms with Crippen molar-refractivity contribution in [3.8, 4) is 11.4 Å². The average molecular weight is 433 g/mol. The topological polar surface area (TPSA) is 87.3 Å². The molecule has 0 saturated carbocycles. The molecule has 2 saturated heterocycles. The van der Waals surface area contributed by atoms with Gasteiger partial charge in [-0.3, -0.25) is 9.59 Å². The van der Waals surface area contributed by atoms with Crippen molar-refractivity contribution in [3.63, 3.8) is 0 Å². The summed E-state index contributed by atoms with van der Waals surface area (Å²) in [5.74, 6) is 0.830. The van der Waals surface area contributed by atoms with E-state index in [0.717, 1.165) is 47.4 Å². The number of carbonyl (C=O) groups is 2. The quantitative estimate of drug-likeness (QED) is 0.653. The number of aromatic nitrogens is 2. The summed E-state index contributed by atoms with van der Waals surface area (Å²) in [4.78, 5) is 35.2. The number of nitrogens with zero attached hydrogens (tertiary/aromatic N) is 2. The predicted molar refractivity (Wildman–Crippen MR) is 123 cm³/mol. The smallest absolute Gasteiger partial charge is 0.251 e. The number of hydrogen-bond acceptors (Lipinski definition) is 4. The fourth-order valence-electron chi connectivity index (χ4n) is 4.55. The van der Waals surface area contributed by atoms with Gasteiger partial charge in [0.05, 0.1) is 11.0 Å². The summed E-state index contributed by atoms with van der Waals surface area (Å²) in [6.45, 7) is 1.90. The molecule has 2 aromatic carbocycles. The van der Waals surface area contributed by atoms with Gasteiger partial charge in [-0.2, -0.15) is 0 Å². The third kappa shape index (κ3) is 4.39. The lowest BCUT2D eigenvalue weighted by Crippen LogP contribution is -2.47. The molecule has 0 bridgehead atoms. The summed E-state index contributed by atoms with van der Waals surface area (Å²) in [6.07, 6.45) is 3.96. The van der Waals surface area contributed by atoms with E-state index in [9.17, 15) is 9.59 Å². The number of para-hydroxylation sites is 2. The molecule has 0 spiro atoms. The van der Waals surface area contributed by atoms with E-state index < -0.39 is 0 Å². The lowest BCUT2D eigenvalue weighted by molar-refractivity contribution is -0.148. The molecule has 0 aliphatic carbocycles. The summed E-state index contributed by atoms with van der Waals surface area (Å²) in [5, 5.41) is 3.03. The molecule has 2 aliphatic heterocycles. The molecular weight excluding hydrogens is 404 g/mol. The first-order chi connectivity index (χ1) is 15.7. The number of hydrogen-bond donors (Lipinski definition) is 2. The van der Waals surface area contributed by atoms with Gasteiger partial charge in [-0.25, -0.2) is 4.98 Å². The number of imidazole rings is 1. The van der Waals surface area contributed by atoms with Gasteiger partial charge in [0.1, 0.15) is 11.9 Å². The van der Waals surface area contributed by atoms with Crippen molar-refractivity contribution in [2.75, 3.05) is 25.0 Å². The summed E-state index contributed by atoms with van der Waals surface area (Å²) >= 11 is 0. The van der Waals surface area contributed by atoms with E-state index in [4.69, 9.17) is 4.74 Å². The van der Waals surface area contributed by atoms with Crippen LogP contribution in [0.25, 0.3) is 22.4 Å². The second-order valence-corrected chi connectivity index (χ2v) is 8.62. The van der Waals surface area contributed by atoms with Crippen LogP contribution in [-0.4, -0.2) is 52.5 Å². The Morgan fingerprint density at radius 2 is 1.78 bits per heavy atom. The molecule has 7 heteroatoms.